The summed E-state index contributed by atoms with van der Waals surface area (Å²) in [6.45, 7) is 7.70. The molecule has 5 heteroatoms. The lowest BCUT2D eigenvalue weighted by Gasteiger charge is -2.37. The van der Waals surface area contributed by atoms with E-state index in [0.29, 0.717) is 12.5 Å². The van der Waals surface area contributed by atoms with Crippen molar-refractivity contribution < 1.29 is 4.79 Å². The van der Waals surface area contributed by atoms with Crippen LogP contribution in [0.15, 0.2) is 24.4 Å². The number of hydrogen-bond acceptors (Lipinski definition) is 4. The molecule has 2 N–H and O–H groups in total. The van der Waals surface area contributed by atoms with E-state index in [9.17, 15) is 4.79 Å². The van der Waals surface area contributed by atoms with Crippen LogP contribution in [0.3, 0.4) is 0 Å². The summed E-state index contributed by atoms with van der Waals surface area (Å²) in [7, 11) is 0. The molecule has 0 radical (unpaired) electrons. The second kappa shape index (κ2) is 6.70. The second-order valence-corrected chi connectivity index (χ2v) is 5.59. The van der Waals surface area contributed by atoms with Gasteiger partial charge in [-0.3, -0.25) is 4.79 Å². The Morgan fingerprint density at radius 3 is 2.50 bits per heavy atom. The molecule has 1 amide bonds. The standard InChI is InChI=1S/C15H24N4O/c1-12(2)13(11-16)15(20)19-9-7-18(8-10-19)14-5-3-4-6-17-14/h3-6,12-13H,7-11,16H2,1-2H3. The Kier molecular flexibility index (Phi) is 4.95. The van der Waals surface area contributed by atoms with Crippen molar-refractivity contribution in [1.29, 1.82) is 0 Å². The topological polar surface area (TPSA) is 62.5 Å². The van der Waals surface area contributed by atoms with Crippen LogP contribution in [0.5, 0.6) is 0 Å². The lowest BCUT2D eigenvalue weighted by molar-refractivity contribution is -0.136. The van der Waals surface area contributed by atoms with E-state index in [-0.39, 0.29) is 11.8 Å². The van der Waals surface area contributed by atoms with E-state index >= 15 is 0 Å². The zero-order chi connectivity index (χ0) is 14.5. The fourth-order valence-electron chi connectivity index (χ4n) is 2.59. The maximum Gasteiger partial charge on any atom is 0.227 e. The number of anilines is 1. The van der Waals surface area contributed by atoms with E-state index < -0.39 is 0 Å². The molecule has 1 aromatic heterocycles. The smallest absolute Gasteiger partial charge is 0.227 e. The Morgan fingerprint density at radius 2 is 2.00 bits per heavy atom. The summed E-state index contributed by atoms with van der Waals surface area (Å²) >= 11 is 0. The predicted octanol–water partition coefficient (Wildman–Crippen LogP) is 0.961. The zero-order valence-corrected chi connectivity index (χ0v) is 12.3. The van der Waals surface area contributed by atoms with E-state index in [1.807, 2.05) is 23.1 Å². The minimum atomic E-state index is -0.0589. The van der Waals surface area contributed by atoms with Gasteiger partial charge in [0.1, 0.15) is 5.82 Å². The first-order valence-corrected chi connectivity index (χ1v) is 7.28. The zero-order valence-electron chi connectivity index (χ0n) is 12.3. The average molecular weight is 276 g/mol. The molecule has 1 aromatic rings. The molecule has 110 valence electrons. The van der Waals surface area contributed by atoms with Crippen LogP contribution in [-0.4, -0.2) is 48.5 Å². The lowest BCUT2D eigenvalue weighted by atomic mass is 9.94. The van der Waals surface area contributed by atoms with Gasteiger partial charge in [-0.25, -0.2) is 4.98 Å². The Bertz CT molecular complexity index is 427. The van der Waals surface area contributed by atoms with Crippen molar-refractivity contribution >= 4 is 11.7 Å². The number of rotatable bonds is 4. The summed E-state index contributed by atoms with van der Waals surface area (Å²) in [5, 5.41) is 0. The monoisotopic (exact) mass is 276 g/mol. The van der Waals surface area contributed by atoms with Crippen LogP contribution >= 0.6 is 0 Å². The first-order chi connectivity index (χ1) is 9.63. The van der Waals surface area contributed by atoms with Gasteiger partial charge < -0.3 is 15.5 Å². The summed E-state index contributed by atoms with van der Waals surface area (Å²) in [6, 6.07) is 5.91. The van der Waals surface area contributed by atoms with Gasteiger partial charge in [0.15, 0.2) is 0 Å². The molecule has 0 aliphatic carbocycles. The molecule has 0 aromatic carbocycles. The van der Waals surface area contributed by atoms with Crippen LogP contribution in [0.1, 0.15) is 13.8 Å². The van der Waals surface area contributed by atoms with Crippen LogP contribution in [-0.2, 0) is 4.79 Å². The molecule has 2 heterocycles. The largest absolute Gasteiger partial charge is 0.353 e. The van der Waals surface area contributed by atoms with Crippen molar-refractivity contribution in [3.63, 3.8) is 0 Å². The molecule has 20 heavy (non-hydrogen) atoms. The molecule has 1 atom stereocenters. The van der Waals surface area contributed by atoms with Gasteiger partial charge in [0.25, 0.3) is 0 Å². The molecule has 0 saturated carbocycles. The number of piperazine rings is 1. The molecular formula is C15H24N4O. The fourth-order valence-corrected chi connectivity index (χ4v) is 2.59. The van der Waals surface area contributed by atoms with E-state index in [1.165, 1.54) is 0 Å². The Balaban J connectivity index is 1.93. The molecule has 1 aliphatic rings. The Hall–Kier alpha value is -1.62. The number of hydrogen-bond donors (Lipinski definition) is 1. The van der Waals surface area contributed by atoms with Gasteiger partial charge in [-0.15, -0.1) is 0 Å². The number of pyridine rings is 1. The number of amides is 1. The van der Waals surface area contributed by atoms with E-state index in [2.05, 4.69) is 23.7 Å². The number of carbonyl (C=O) groups excluding carboxylic acids is 1. The highest BCUT2D eigenvalue weighted by Gasteiger charge is 2.28. The summed E-state index contributed by atoms with van der Waals surface area (Å²) < 4.78 is 0. The molecule has 1 fully saturated rings. The molecule has 0 bridgehead atoms. The predicted molar refractivity (Wildman–Crippen MR) is 80.4 cm³/mol. The number of carbonyl (C=O) groups is 1. The highest BCUT2D eigenvalue weighted by atomic mass is 16.2. The second-order valence-electron chi connectivity index (χ2n) is 5.59. The summed E-state index contributed by atoms with van der Waals surface area (Å²) in [4.78, 5) is 20.9. The van der Waals surface area contributed by atoms with Gasteiger partial charge in [-0.05, 0) is 18.1 Å². The summed E-state index contributed by atoms with van der Waals surface area (Å²) in [6.07, 6.45) is 1.80. The Labute approximate surface area is 120 Å². The van der Waals surface area contributed by atoms with Gasteiger partial charge in [-0.2, -0.15) is 0 Å². The van der Waals surface area contributed by atoms with Crippen LogP contribution in [0.2, 0.25) is 0 Å². The summed E-state index contributed by atoms with van der Waals surface area (Å²) in [5.41, 5.74) is 5.73. The first-order valence-electron chi connectivity index (χ1n) is 7.28. The molecule has 1 saturated heterocycles. The van der Waals surface area contributed by atoms with Crippen molar-refractivity contribution in [3.8, 4) is 0 Å². The third kappa shape index (κ3) is 3.28. The van der Waals surface area contributed by atoms with Crippen molar-refractivity contribution in [2.75, 3.05) is 37.6 Å². The number of nitrogens with zero attached hydrogens (tertiary/aromatic N) is 3. The highest BCUT2D eigenvalue weighted by molar-refractivity contribution is 5.79. The normalized spacial score (nSPS) is 17.4. The Morgan fingerprint density at radius 1 is 1.30 bits per heavy atom. The van der Waals surface area contributed by atoms with Crippen molar-refractivity contribution in [2.24, 2.45) is 17.6 Å². The highest BCUT2D eigenvalue weighted by Crippen LogP contribution is 2.17. The number of aromatic nitrogens is 1. The first kappa shape index (κ1) is 14.8. The van der Waals surface area contributed by atoms with Gasteiger partial charge in [0, 0.05) is 38.9 Å². The molecule has 5 nitrogen and oxygen atoms in total. The molecular weight excluding hydrogens is 252 g/mol. The van der Waals surface area contributed by atoms with Gasteiger partial charge in [-0.1, -0.05) is 19.9 Å². The van der Waals surface area contributed by atoms with Crippen LogP contribution in [0, 0.1) is 11.8 Å². The maximum absolute atomic E-state index is 12.4. The average Bonchev–Trinajstić information content (AvgIpc) is 2.48. The summed E-state index contributed by atoms with van der Waals surface area (Å²) in [5.74, 6) is 1.42. The minimum Gasteiger partial charge on any atom is -0.353 e. The van der Waals surface area contributed by atoms with E-state index in [0.717, 1.165) is 32.0 Å². The fraction of sp³-hybridized carbons (Fsp3) is 0.600. The van der Waals surface area contributed by atoms with Crippen molar-refractivity contribution in [1.82, 2.24) is 9.88 Å². The van der Waals surface area contributed by atoms with Crippen LogP contribution in [0.4, 0.5) is 5.82 Å². The third-order valence-electron chi connectivity index (χ3n) is 3.94. The van der Waals surface area contributed by atoms with Crippen LogP contribution < -0.4 is 10.6 Å². The van der Waals surface area contributed by atoms with Gasteiger partial charge in [0.05, 0.1) is 5.92 Å². The molecule has 2 rings (SSSR count). The van der Waals surface area contributed by atoms with Crippen LogP contribution in [0.25, 0.3) is 0 Å². The third-order valence-corrected chi connectivity index (χ3v) is 3.94. The van der Waals surface area contributed by atoms with Gasteiger partial charge in [0.2, 0.25) is 5.91 Å². The molecule has 0 spiro atoms. The van der Waals surface area contributed by atoms with Crippen molar-refractivity contribution in [3.05, 3.63) is 24.4 Å². The van der Waals surface area contributed by atoms with Crippen molar-refractivity contribution in [2.45, 2.75) is 13.8 Å². The quantitative estimate of drug-likeness (QED) is 0.890. The van der Waals surface area contributed by atoms with E-state index in [1.54, 1.807) is 6.20 Å². The maximum atomic E-state index is 12.4. The minimum absolute atomic E-state index is 0.0589. The SMILES string of the molecule is CC(C)C(CN)C(=O)N1CCN(c2ccccn2)CC1. The molecule has 1 unspecified atom stereocenters. The van der Waals surface area contributed by atoms with Gasteiger partial charge >= 0.3 is 0 Å². The van der Waals surface area contributed by atoms with E-state index in [4.69, 9.17) is 5.73 Å². The molecule has 1 aliphatic heterocycles. The number of nitrogens with two attached hydrogens (primary N) is 1. The lowest BCUT2D eigenvalue weighted by Crippen LogP contribution is -2.52.